The van der Waals surface area contributed by atoms with E-state index in [0.29, 0.717) is 23.3 Å². The van der Waals surface area contributed by atoms with Crippen molar-refractivity contribution in [1.29, 1.82) is 0 Å². The minimum atomic E-state index is -4.53. The zero-order valence-electron chi connectivity index (χ0n) is 20.3. The SMILES string of the molecule is Cn1ncc2cc(-c3cc(C(F)(F)F)c(NC4CC5CN(CC6CCOCC6)CC5C4)nn3)ccc21. The molecule has 0 radical (unpaired) electrons. The summed E-state index contributed by atoms with van der Waals surface area (Å²) in [6.45, 7) is 4.90. The summed E-state index contributed by atoms with van der Waals surface area (Å²) in [4.78, 5) is 2.55. The number of alkyl halides is 3. The van der Waals surface area contributed by atoms with Gasteiger partial charge in [0.1, 0.15) is 5.56 Å². The third-order valence-corrected chi connectivity index (χ3v) is 8.17. The Morgan fingerprint density at radius 2 is 1.81 bits per heavy atom. The monoisotopic (exact) mass is 500 g/mol. The van der Waals surface area contributed by atoms with Crippen LogP contribution in [-0.2, 0) is 18.0 Å². The van der Waals surface area contributed by atoms with Gasteiger partial charge in [-0.2, -0.15) is 18.3 Å². The first-order valence-electron chi connectivity index (χ1n) is 12.8. The van der Waals surface area contributed by atoms with Crippen molar-refractivity contribution < 1.29 is 17.9 Å². The smallest absolute Gasteiger partial charge is 0.381 e. The number of rotatable bonds is 5. The van der Waals surface area contributed by atoms with Crippen LogP contribution in [0.25, 0.3) is 22.2 Å². The third kappa shape index (κ3) is 4.68. The molecule has 1 aromatic carbocycles. The number of fused-ring (bicyclic) bond motifs is 2. The number of benzene rings is 1. The number of halogens is 3. The van der Waals surface area contributed by atoms with Crippen molar-refractivity contribution in [2.45, 2.75) is 37.9 Å². The Labute approximate surface area is 208 Å². The van der Waals surface area contributed by atoms with E-state index in [-0.39, 0.29) is 17.6 Å². The second kappa shape index (κ2) is 9.30. The van der Waals surface area contributed by atoms with Crippen molar-refractivity contribution in [2.24, 2.45) is 24.8 Å². The number of aryl methyl sites for hydroxylation is 1. The third-order valence-electron chi connectivity index (χ3n) is 8.17. The molecule has 1 N–H and O–H groups in total. The molecule has 2 saturated heterocycles. The van der Waals surface area contributed by atoms with E-state index in [1.165, 1.54) is 0 Å². The van der Waals surface area contributed by atoms with Crippen LogP contribution >= 0.6 is 0 Å². The van der Waals surface area contributed by atoms with Crippen LogP contribution < -0.4 is 5.32 Å². The average molecular weight is 501 g/mol. The maximum absolute atomic E-state index is 14.0. The Morgan fingerprint density at radius 3 is 2.53 bits per heavy atom. The van der Waals surface area contributed by atoms with E-state index >= 15 is 0 Å². The lowest BCUT2D eigenvalue weighted by molar-refractivity contribution is -0.137. The summed E-state index contributed by atoms with van der Waals surface area (Å²) >= 11 is 0. The first-order chi connectivity index (χ1) is 17.3. The second-order valence-corrected chi connectivity index (χ2v) is 10.6. The fourth-order valence-corrected chi connectivity index (χ4v) is 6.33. The molecule has 6 rings (SSSR count). The van der Waals surface area contributed by atoms with E-state index in [1.54, 1.807) is 23.0 Å². The number of hydrogen-bond donors (Lipinski definition) is 1. The average Bonchev–Trinajstić information content (AvgIpc) is 3.52. The van der Waals surface area contributed by atoms with Crippen LogP contribution in [0.2, 0.25) is 0 Å². The normalized spacial score (nSPS) is 25.5. The Bertz CT molecular complexity index is 1220. The highest BCUT2D eigenvalue weighted by Crippen LogP contribution is 2.42. The largest absolute Gasteiger partial charge is 0.420 e. The van der Waals surface area contributed by atoms with Crippen LogP contribution in [0.1, 0.15) is 31.2 Å². The van der Waals surface area contributed by atoms with Gasteiger partial charge < -0.3 is 15.0 Å². The van der Waals surface area contributed by atoms with E-state index < -0.39 is 11.7 Å². The Kier molecular flexibility index (Phi) is 6.11. The zero-order chi connectivity index (χ0) is 24.9. The number of aromatic nitrogens is 4. The molecule has 2 unspecified atom stereocenters. The highest BCUT2D eigenvalue weighted by molar-refractivity contribution is 5.84. The number of likely N-dealkylation sites (tertiary alicyclic amines) is 1. The summed E-state index contributed by atoms with van der Waals surface area (Å²) in [5.41, 5.74) is 0.918. The van der Waals surface area contributed by atoms with Gasteiger partial charge in [-0.1, -0.05) is 6.07 Å². The highest BCUT2D eigenvalue weighted by atomic mass is 19.4. The van der Waals surface area contributed by atoms with Crippen LogP contribution in [0, 0.1) is 17.8 Å². The topological polar surface area (TPSA) is 68.1 Å². The minimum Gasteiger partial charge on any atom is -0.381 e. The summed E-state index contributed by atoms with van der Waals surface area (Å²) in [5.74, 6) is 1.58. The molecular formula is C26H31F3N6O. The molecule has 0 spiro atoms. The molecule has 1 aliphatic carbocycles. The van der Waals surface area contributed by atoms with Crippen molar-refractivity contribution in [3.63, 3.8) is 0 Å². The van der Waals surface area contributed by atoms with E-state index in [1.807, 2.05) is 13.1 Å². The molecule has 1 saturated carbocycles. The predicted molar refractivity (Wildman–Crippen MR) is 130 cm³/mol. The van der Waals surface area contributed by atoms with Gasteiger partial charge in [0.05, 0.1) is 17.4 Å². The molecule has 192 valence electrons. The Balaban J connectivity index is 1.15. The minimum absolute atomic E-state index is 0.0155. The summed E-state index contributed by atoms with van der Waals surface area (Å²) in [7, 11) is 1.82. The van der Waals surface area contributed by atoms with Crippen molar-refractivity contribution in [2.75, 3.05) is 38.2 Å². The predicted octanol–water partition coefficient (Wildman–Crippen LogP) is 4.60. The van der Waals surface area contributed by atoms with E-state index in [0.717, 1.165) is 75.5 Å². The maximum Gasteiger partial charge on any atom is 0.420 e. The summed E-state index contributed by atoms with van der Waals surface area (Å²) in [5, 5.41) is 16.4. The first kappa shape index (κ1) is 23.7. The fourth-order valence-electron chi connectivity index (χ4n) is 6.33. The van der Waals surface area contributed by atoms with Crippen LogP contribution in [-0.4, -0.2) is 63.8 Å². The summed E-state index contributed by atoms with van der Waals surface area (Å²) < 4.78 is 49.3. The quantitative estimate of drug-likeness (QED) is 0.553. The lowest BCUT2D eigenvalue weighted by Crippen LogP contribution is -2.32. The van der Waals surface area contributed by atoms with Gasteiger partial charge in [-0.15, -0.1) is 10.2 Å². The molecule has 36 heavy (non-hydrogen) atoms. The van der Waals surface area contributed by atoms with Gasteiger partial charge in [-0.3, -0.25) is 4.68 Å². The molecule has 2 aliphatic heterocycles. The highest BCUT2D eigenvalue weighted by Gasteiger charge is 2.43. The van der Waals surface area contributed by atoms with E-state index in [4.69, 9.17) is 4.74 Å². The van der Waals surface area contributed by atoms with E-state index in [9.17, 15) is 13.2 Å². The number of nitrogens with zero attached hydrogens (tertiary/aromatic N) is 5. The Hall–Kier alpha value is -2.72. The summed E-state index contributed by atoms with van der Waals surface area (Å²) in [6.07, 6.45) is 1.15. The zero-order valence-corrected chi connectivity index (χ0v) is 20.3. The summed E-state index contributed by atoms with van der Waals surface area (Å²) in [6, 6.07) is 6.48. The molecule has 0 bridgehead atoms. The molecule has 4 heterocycles. The molecule has 2 aromatic heterocycles. The van der Waals surface area contributed by atoms with Crippen molar-refractivity contribution in [3.05, 3.63) is 36.0 Å². The van der Waals surface area contributed by atoms with Crippen molar-refractivity contribution >= 4 is 16.7 Å². The number of hydrogen-bond acceptors (Lipinski definition) is 6. The molecule has 10 heteroatoms. The lowest BCUT2D eigenvalue weighted by Gasteiger charge is -2.28. The second-order valence-electron chi connectivity index (χ2n) is 10.6. The standard InChI is InChI=1S/C26H31F3N6O/c1-34-24-3-2-17(8-18(24)12-30-34)23-11-22(26(27,28)29)25(33-32-23)31-21-9-19-14-35(15-20(19)10-21)13-16-4-6-36-7-5-16/h2-3,8,11-12,16,19-21H,4-7,9-10,13-15H2,1H3,(H,31,33). The van der Waals surface area contributed by atoms with E-state index in [2.05, 4.69) is 25.5 Å². The molecule has 3 aromatic rings. The van der Waals surface area contributed by atoms with Crippen molar-refractivity contribution in [3.8, 4) is 11.3 Å². The Morgan fingerprint density at radius 1 is 1.06 bits per heavy atom. The fraction of sp³-hybridized carbons (Fsp3) is 0.577. The van der Waals surface area contributed by atoms with Gasteiger partial charge in [0.2, 0.25) is 0 Å². The first-order valence-corrected chi connectivity index (χ1v) is 12.8. The lowest BCUT2D eigenvalue weighted by atomic mass is 10.00. The number of nitrogens with one attached hydrogen (secondary N) is 1. The van der Waals surface area contributed by atoms with Gasteiger partial charge in [0.15, 0.2) is 5.82 Å². The van der Waals surface area contributed by atoms with Crippen LogP contribution in [0.4, 0.5) is 19.0 Å². The van der Waals surface area contributed by atoms with Gasteiger partial charge >= 0.3 is 6.18 Å². The molecule has 0 amide bonds. The van der Waals surface area contributed by atoms with Crippen LogP contribution in [0.5, 0.6) is 0 Å². The number of ether oxygens (including phenoxy) is 1. The van der Waals surface area contributed by atoms with Gasteiger partial charge in [0, 0.05) is 56.9 Å². The molecule has 7 nitrogen and oxygen atoms in total. The van der Waals surface area contributed by atoms with Crippen LogP contribution in [0.3, 0.4) is 0 Å². The molecular weight excluding hydrogens is 469 g/mol. The van der Waals surface area contributed by atoms with Gasteiger partial charge in [0.25, 0.3) is 0 Å². The maximum atomic E-state index is 14.0. The van der Waals surface area contributed by atoms with Gasteiger partial charge in [-0.25, -0.2) is 0 Å². The number of anilines is 1. The van der Waals surface area contributed by atoms with Gasteiger partial charge in [-0.05, 0) is 61.6 Å². The van der Waals surface area contributed by atoms with Crippen LogP contribution in [0.15, 0.2) is 30.5 Å². The molecule has 3 fully saturated rings. The molecule has 3 aliphatic rings. The van der Waals surface area contributed by atoms with Crippen molar-refractivity contribution in [1.82, 2.24) is 24.9 Å². The molecule has 2 atom stereocenters.